The van der Waals surface area contributed by atoms with Gasteiger partial charge in [0, 0.05) is 25.5 Å². The van der Waals surface area contributed by atoms with Crippen molar-refractivity contribution in [2.45, 2.75) is 0 Å². The number of nitrogens with zero attached hydrogens (tertiary/aromatic N) is 2. The van der Waals surface area contributed by atoms with Gasteiger partial charge in [-0.3, -0.25) is 0 Å². The van der Waals surface area contributed by atoms with Gasteiger partial charge in [-0.1, -0.05) is 24.4 Å². The summed E-state index contributed by atoms with van der Waals surface area (Å²) in [4.78, 5) is 9.11. The SMILES string of the molecule is CN(C)c1ccc(-c2cc(=S)nc[nH]2)cc1. The maximum atomic E-state index is 5.03. The summed E-state index contributed by atoms with van der Waals surface area (Å²) in [6.07, 6.45) is 1.62. The lowest BCUT2D eigenvalue weighted by atomic mass is 10.1. The highest BCUT2D eigenvalue weighted by Crippen LogP contribution is 2.20. The fraction of sp³-hybridized carbons (Fsp3) is 0.167. The monoisotopic (exact) mass is 231 g/mol. The highest BCUT2D eigenvalue weighted by atomic mass is 32.1. The molecule has 16 heavy (non-hydrogen) atoms. The van der Waals surface area contributed by atoms with E-state index in [4.69, 9.17) is 12.2 Å². The van der Waals surface area contributed by atoms with Gasteiger partial charge in [-0.15, -0.1) is 0 Å². The molecule has 4 heteroatoms. The molecule has 0 saturated heterocycles. The summed E-state index contributed by atoms with van der Waals surface area (Å²) < 4.78 is 0.602. The number of benzene rings is 1. The van der Waals surface area contributed by atoms with E-state index in [1.165, 1.54) is 5.69 Å². The highest BCUT2D eigenvalue weighted by Gasteiger charge is 1.99. The zero-order valence-electron chi connectivity index (χ0n) is 9.27. The van der Waals surface area contributed by atoms with Crippen LogP contribution in [0.4, 0.5) is 5.69 Å². The van der Waals surface area contributed by atoms with Gasteiger partial charge in [0.15, 0.2) is 0 Å². The third kappa shape index (κ3) is 2.28. The Labute approximate surface area is 99.8 Å². The molecule has 0 fully saturated rings. The first-order valence-electron chi connectivity index (χ1n) is 4.99. The second kappa shape index (κ2) is 4.45. The average molecular weight is 231 g/mol. The minimum Gasteiger partial charge on any atom is -0.378 e. The van der Waals surface area contributed by atoms with E-state index < -0.39 is 0 Å². The lowest BCUT2D eigenvalue weighted by Crippen LogP contribution is -2.07. The van der Waals surface area contributed by atoms with Crippen molar-refractivity contribution in [1.82, 2.24) is 9.97 Å². The summed E-state index contributed by atoms with van der Waals surface area (Å²) in [6.45, 7) is 0. The van der Waals surface area contributed by atoms with Crippen molar-refractivity contribution >= 4 is 17.9 Å². The van der Waals surface area contributed by atoms with E-state index in [1.54, 1.807) is 6.33 Å². The van der Waals surface area contributed by atoms with Gasteiger partial charge in [-0.2, -0.15) is 0 Å². The molecule has 0 unspecified atom stereocenters. The van der Waals surface area contributed by atoms with Gasteiger partial charge in [0.05, 0.1) is 6.33 Å². The maximum absolute atomic E-state index is 5.03. The molecule has 0 aliphatic heterocycles. The lowest BCUT2D eigenvalue weighted by molar-refractivity contribution is 1.13. The van der Waals surface area contributed by atoms with E-state index in [9.17, 15) is 0 Å². The standard InChI is InChI=1S/C12H13N3S/c1-15(2)10-5-3-9(4-6-10)11-7-12(16)14-8-13-11/h3-8H,1-2H3,(H,13,14,16). The van der Waals surface area contributed by atoms with Crippen LogP contribution in [0.25, 0.3) is 11.3 Å². The van der Waals surface area contributed by atoms with Crippen molar-refractivity contribution < 1.29 is 0 Å². The predicted octanol–water partition coefficient (Wildman–Crippen LogP) is 2.87. The van der Waals surface area contributed by atoms with Crippen molar-refractivity contribution in [3.63, 3.8) is 0 Å². The van der Waals surface area contributed by atoms with Crippen LogP contribution in [0.5, 0.6) is 0 Å². The second-order valence-electron chi connectivity index (χ2n) is 3.74. The third-order valence-corrected chi connectivity index (χ3v) is 2.60. The minimum absolute atomic E-state index is 0.602. The Kier molecular flexibility index (Phi) is 3.01. The van der Waals surface area contributed by atoms with Crippen molar-refractivity contribution in [3.8, 4) is 11.3 Å². The van der Waals surface area contributed by atoms with Crippen LogP contribution in [-0.2, 0) is 0 Å². The van der Waals surface area contributed by atoms with Gasteiger partial charge < -0.3 is 9.88 Å². The molecule has 0 spiro atoms. The van der Waals surface area contributed by atoms with Crippen molar-refractivity contribution in [2.24, 2.45) is 0 Å². The van der Waals surface area contributed by atoms with Crippen LogP contribution in [-0.4, -0.2) is 24.1 Å². The number of rotatable bonds is 2. The first-order valence-corrected chi connectivity index (χ1v) is 5.40. The molecule has 1 N–H and O–H groups in total. The van der Waals surface area contributed by atoms with E-state index >= 15 is 0 Å². The molecule has 0 radical (unpaired) electrons. The molecule has 0 saturated carbocycles. The topological polar surface area (TPSA) is 31.9 Å². The van der Waals surface area contributed by atoms with Gasteiger partial charge in [-0.25, -0.2) is 4.98 Å². The Morgan fingerprint density at radius 3 is 2.44 bits per heavy atom. The number of aromatic amines is 1. The van der Waals surface area contributed by atoms with Crippen molar-refractivity contribution in [1.29, 1.82) is 0 Å². The van der Waals surface area contributed by atoms with Crippen LogP contribution in [0.15, 0.2) is 36.7 Å². The Morgan fingerprint density at radius 2 is 1.88 bits per heavy atom. The van der Waals surface area contributed by atoms with Gasteiger partial charge in [-0.05, 0) is 23.8 Å². The summed E-state index contributed by atoms with van der Waals surface area (Å²) in [5.74, 6) is 0. The van der Waals surface area contributed by atoms with E-state index in [1.807, 2.05) is 20.2 Å². The Balaban J connectivity index is 2.38. The fourth-order valence-electron chi connectivity index (χ4n) is 1.47. The van der Waals surface area contributed by atoms with Gasteiger partial charge >= 0.3 is 0 Å². The average Bonchev–Trinajstić information content (AvgIpc) is 2.29. The fourth-order valence-corrected chi connectivity index (χ4v) is 1.64. The number of hydrogen-bond donors (Lipinski definition) is 1. The smallest absolute Gasteiger partial charge is 0.130 e. The Hall–Kier alpha value is -1.68. The van der Waals surface area contributed by atoms with Crippen LogP contribution in [0, 0.1) is 4.64 Å². The largest absolute Gasteiger partial charge is 0.378 e. The highest BCUT2D eigenvalue weighted by molar-refractivity contribution is 7.71. The lowest BCUT2D eigenvalue weighted by Gasteiger charge is -2.12. The molecule has 0 bridgehead atoms. The first kappa shape index (κ1) is 10.8. The number of anilines is 1. The quantitative estimate of drug-likeness (QED) is 0.806. The molecular weight excluding hydrogens is 218 g/mol. The molecule has 0 atom stereocenters. The van der Waals surface area contributed by atoms with Gasteiger partial charge in [0.25, 0.3) is 0 Å². The molecule has 0 aliphatic carbocycles. The molecule has 1 heterocycles. The Bertz CT molecular complexity index is 528. The number of aromatic nitrogens is 2. The summed E-state index contributed by atoms with van der Waals surface area (Å²) >= 11 is 5.03. The predicted molar refractivity (Wildman–Crippen MR) is 69.2 cm³/mol. The maximum Gasteiger partial charge on any atom is 0.130 e. The molecule has 0 aliphatic rings. The first-order chi connectivity index (χ1) is 7.66. The zero-order chi connectivity index (χ0) is 11.5. The van der Waals surface area contributed by atoms with E-state index in [-0.39, 0.29) is 0 Å². The van der Waals surface area contributed by atoms with Crippen LogP contribution in [0.3, 0.4) is 0 Å². The number of nitrogens with one attached hydrogen (secondary N) is 1. The zero-order valence-corrected chi connectivity index (χ0v) is 10.1. The summed E-state index contributed by atoms with van der Waals surface area (Å²) in [5, 5.41) is 0. The molecular formula is C12H13N3S. The van der Waals surface area contributed by atoms with E-state index in [2.05, 4.69) is 39.1 Å². The van der Waals surface area contributed by atoms with E-state index in [0.29, 0.717) is 4.64 Å². The van der Waals surface area contributed by atoms with E-state index in [0.717, 1.165) is 11.3 Å². The molecule has 82 valence electrons. The molecule has 2 rings (SSSR count). The van der Waals surface area contributed by atoms with Gasteiger partial charge in [0.1, 0.15) is 4.64 Å². The van der Waals surface area contributed by atoms with Crippen molar-refractivity contribution in [2.75, 3.05) is 19.0 Å². The molecule has 0 amide bonds. The number of H-pyrrole nitrogens is 1. The minimum atomic E-state index is 0.602. The number of hydrogen-bond acceptors (Lipinski definition) is 3. The third-order valence-electron chi connectivity index (χ3n) is 2.37. The van der Waals surface area contributed by atoms with Crippen LogP contribution in [0.1, 0.15) is 0 Å². The molecule has 1 aromatic carbocycles. The van der Waals surface area contributed by atoms with Crippen LogP contribution in [0.2, 0.25) is 0 Å². The summed E-state index contributed by atoms with van der Waals surface area (Å²) in [5.41, 5.74) is 3.28. The van der Waals surface area contributed by atoms with Gasteiger partial charge in [0.2, 0.25) is 0 Å². The second-order valence-corrected chi connectivity index (χ2v) is 4.16. The van der Waals surface area contributed by atoms with Crippen molar-refractivity contribution in [3.05, 3.63) is 41.3 Å². The summed E-state index contributed by atoms with van der Waals surface area (Å²) in [6, 6.07) is 10.1. The molecule has 1 aromatic heterocycles. The van der Waals surface area contributed by atoms with Crippen LogP contribution < -0.4 is 4.90 Å². The molecule has 2 aromatic rings. The normalized spacial score (nSPS) is 10.1. The van der Waals surface area contributed by atoms with Crippen LogP contribution >= 0.6 is 12.2 Å². The summed E-state index contributed by atoms with van der Waals surface area (Å²) in [7, 11) is 4.05. The Morgan fingerprint density at radius 1 is 1.19 bits per heavy atom. The molecule has 3 nitrogen and oxygen atoms in total.